The van der Waals surface area contributed by atoms with Crippen LogP contribution in [0.1, 0.15) is 18.5 Å². The van der Waals surface area contributed by atoms with Crippen molar-refractivity contribution in [2.75, 3.05) is 0 Å². The number of imidazole rings is 1. The summed E-state index contributed by atoms with van der Waals surface area (Å²) in [7, 11) is 0. The lowest BCUT2D eigenvalue weighted by Crippen LogP contribution is -2.20. The predicted octanol–water partition coefficient (Wildman–Crippen LogP) is 1.85. The fourth-order valence-electron chi connectivity index (χ4n) is 1.31. The van der Waals surface area contributed by atoms with Gasteiger partial charge in [-0.3, -0.25) is 4.57 Å². The number of thiophene rings is 1. The first kappa shape index (κ1) is 8.31. The maximum atomic E-state index is 11.3. The third-order valence-corrected chi connectivity index (χ3v) is 2.82. The van der Waals surface area contributed by atoms with Gasteiger partial charge in [-0.15, -0.1) is 0 Å². The van der Waals surface area contributed by atoms with Crippen molar-refractivity contribution >= 4 is 11.3 Å². The molecule has 3 nitrogen and oxygen atoms in total. The molecule has 0 aromatic carbocycles. The lowest BCUT2D eigenvalue weighted by molar-refractivity contribution is 0.619. The molecule has 0 aliphatic heterocycles. The number of H-pyrrole nitrogens is 1. The fourth-order valence-corrected chi connectivity index (χ4v) is 2.06. The van der Waals surface area contributed by atoms with Gasteiger partial charge in [0.25, 0.3) is 0 Å². The molecule has 0 saturated heterocycles. The van der Waals surface area contributed by atoms with Crippen LogP contribution in [0.4, 0.5) is 0 Å². The van der Waals surface area contributed by atoms with Gasteiger partial charge in [0.1, 0.15) is 0 Å². The van der Waals surface area contributed by atoms with E-state index in [1.54, 1.807) is 28.3 Å². The zero-order chi connectivity index (χ0) is 9.26. The van der Waals surface area contributed by atoms with Crippen LogP contribution in [0.15, 0.2) is 34.0 Å². The molecule has 68 valence electrons. The van der Waals surface area contributed by atoms with Crippen LogP contribution in [0.5, 0.6) is 0 Å². The highest BCUT2D eigenvalue weighted by Gasteiger charge is 2.08. The van der Waals surface area contributed by atoms with Crippen LogP contribution in [-0.4, -0.2) is 9.55 Å². The second-order valence-electron chi connectivity index (χ2n) is 2.91. The Labute approximate surface area is 79.7 Å². The summed E-state index contributed by atoms with van der Waals surface area (Å²) < 4.78 is 1.68. The lowest BCUT2D eigenvalue weighted by atomic mass is 10.2. The van der Waals surface area contributed by atoms with Gasteiger partial charge in [-0.1, -0.05) is 0 Å². The van der Waals surface area contributed by atoms with Gasteiger partial charge >= 0.3 is 5.69 Å². The number of rotatable bonds is 2. The highest BCUT2D eigenvalue weighted by atomic mass is 32.1. The second kappa shape index (κ2) is 3.22. The number of hydrogen-bond donors (Lipinski definition) is 1. The van der Waals surface area contributed by atoms with Gasteiger partial charge in [-0.25, -0.2) is 4.79 Å². The highest BCUT2D eigenvalue weighted by Crippen LogP contribution is 2.18. The summed E-state index contributed by atoms with van der Waals surface area (Å²) in [5, 5.41) is 4.08. The number of aromatic nitrogens is 2. The van der Waals surface area contributed by atoms with Gasteiger partial charge in [0.15, 0.2) is 0 Å². The van der Waals surface area contributed by atoms with E-state index < -0.39 is 0 Å². The Morgan fingerprint density at radius 1 is 1.62 bits per heavy atom. The quantitative estimate of drug-likeness (QED) is 0.778. The molecule has 0 fully saturated rings. The smallest absolute Gasteiger partial charge is 0.313 e. The van der Waals surface area contributed by atoms with Crippen molar-refractivity contribution in [3.05, 3.63) is 45.3 Å². The summed E-state index contributed by atoms with van der Waals surface area (Å²) in [6.07, 6.45) is 3.43. The zero-order valence-corrected chi connectivity index (χ0v) is 8.04. The minimum absolute atomic E-state index is 0.0568. The van der Waals surface area contributed by atoms with Gasteiger partial charge in [0.2, 0.25) is 0 Å². The third-order valence-electron chi connectivity index (χ3n) is 2.12. The molecule has 2 aromatic heterocycles. The Morgan fingerprint density at radius 3 is 3.00 bits per heavy atom. The molecule has 2 heterocycles. The second-order valence-corrected chi connectivity index (χ2v) is 3.69. The minimum atomic E-state index is -0.0568. The molecule has 2 aromatic rings. The van der Waals surface area contributed by atoms with Crippen LogP contribution in [0, 0.1) is 0 Å². The normalized spacial score (nSPS) is 13.0. The maximum absolute atomic E-state index is 11.3. The largest absolute Gasteiger partial charge is 0.326 e. The number of nitrogens with one attached hydrogen (secondary N) is 1. The molecule has 0 radical (unpaired) electrons. The van der Waals surface area contributed by atoms with E-state index in [1.165, 1.54) is 5.56 Å². The monoisotopic (exact) mass is 194 g/mol. The summed E-state index contributed by atoms with van der Waals surface area (Å²) >= 11 is 1.65. The first-order valence-corrected chi connectivity index (χ1v) is 5.01. The summed E-state index contributed by atoms with van der Waals surface area (Å²) in [6, 6.07) is 2.15. The van der Waals surface area contributed by atoms with E-state index in [4.69, 9.17) is 0 Å². The van der Waals surface area contributed by atoms with E-state index in [0.29, 0.717) is 0 Å². The van der Waals surface area contributed by atoms with Gasteiger partial charge < -0.3 is 4.98 Å². The molecule has 0 bridgehead atoms. The fraction of sp³-hybridized carbons (Fsp3) is 0.222. The van der Waals surface area contributed by atoms with E-state index >= 15 is 0 Å². The molecule has 0 spiro atoms. The molecule has 1 atom stereocenters. The first-order valence-electron chi connectivity index (χ1n) is 4.06. The van der Waals surface area contributed by atoms with Crippen LogP contribution in [-0.2, 0) is 0 Å². The molecule has 0 saturated carbocycles. The molecular formula is C9H10N2OS. The molecule has 1 N–H and O–H groups in total. The SMILES string of the molecule is CC(c1ccsc1)n1cc[nH]c1=O. The Hall–Kier alpha value is -1.29. The molecule has 0 aliphatic carbocycles. The first-order chi connectivity index (χ1) is 6.29. The van der Waals surface area contributed by atoms with E-state index in [-0.39, 0.29) is 11.7 Å². The van der Waals surface area contributed by atoms with E-state index in [2.05, 4.69) is 10.4 Å². The summed E-state index contributed by atoms with van der Waals surface area (Å²) in [4.78, 5) is 13.9. The van der Waals surface area contributed by atoms with Crippen LogP contribution in [0.25, 0.3) is 0 Å². The molecule has 4 heteroatoms. The van der Waals surface area contributed by atoms with Crippen molar-refractivity contribution in [3.8, 4) is 0 Å². The summed E-state index contributed by atoms with van der Waals surface area (Å²) in [5.41, 5.74) is 1.12. The molecule has 0 aliphatic rings. The van der Waals surface area contributed by atoms with E-state index in [9.17, 15) is 4.79 Å². The minimum Gasteiger partial charge on any atom is -0.313 e. The van der Waals surface area contributed by atoms with Gasteiger partial charge in [-0.2, -0.15) is 11.3 Å². The molecule has 13 heavy (non-hydrogen) atoms. The van der Waals surface area contributed by atoms with Crippen molar-refractivity contribution in [1.82, 2.24) is 9.55 Å². The van der Waals surface area contributed by atoms with E-state index in [0.717, 1.165) is 0 Å². The van der Waals surface area contributed by atoms with Crippen molar-refractivity contribution in [3.63, 3.8) is 0 Å². The number of hydrogen-bond acceptors (Lipinski definition) is 2. The highest BCUT2D eigenvalue weighted by molar-refractivity contribution is 7.07. The van der Waals surface area contributed by atoms with Crippen molar-refractivity contribution in [2.24, 2.45) is 0 Å². The molecular weight excluding hydrogens is 184 g/mol. The Morgan fingerprint density at radius 2 is 2.46 bits per heavy atom. The molecule has 0 amide bonds. The lowest BCUT2D eigenvalue weighted by Gasteiger charge is -2.09. The standard InChI is InChI=1S/C9H10N2OS/c1-7(8-2-5-13-6-8)11-4-3-10-9(11)12/h2-7H,1H3,(H,10,12). The predicted molar refractivity (Wildman–Crippen MR) is 53.2 cm³/mol. The molecule has 1 unspecified atom stereocenters. The van der Waals surface area contributed by atoms with Crippen molar-refractivity contribution < 1.29 is 0 Å². The Bertz CT molecular complexity index is 426. The van der Waals surface area contributed by atoms with Gasteiger partial charge in [0, 0.05) is 12.4 Å². The average Bonchev–Trinajstić information content (AvgIpc) is 2.72. The van der Waals surface area contributed by atoms with Crippen LogP contribution < -0.4 is 5.69 Å². The van der Waals surface area contributed by atoms with Gasteiger partial charge in [-0.05, 0) is 29.3 Å². The topological polar surface area (TPSA) is 37.8 Å². The summed E-state index contributed by atoms with van der Waals surface area (Å²) in [5.74, 6) is 0. The van der Waals surface area contributed by atoms with Crippen LogP contribution in [0.2, 0.25) is 0 Å². The number of nitrogens with zero attached hydrogens (tertiary/aromatic N) is 1. The maximum Gasteiger partial charge on any atom is 0.326 e. The average molecular weight is 194 g/mol. The summed E-state index contributed by atoms with van der Waals surface area (Å²) in [6.45, 7) is 2.01. The van der Waals surface area contributed by atoms with E-state index in [1.807, 2.05) is 18.4 Å². The Kier molecular flexibility index (Phi) is 2.06. The van der Waals surface area contributed by atoms with Crippen molar-refractivity contribution in [1.29, 1.82) is 0 Å². The third kappa shape index (κ3) is 1.45. The van der Waals surface area contributed by atoms with Crippen LogP contribution in [0.3, 0.4) is 0 Å². The zero-order valence-electron chi connectivity index (χ0n) is 7.23. The van der Waals surface area contributed by atoms with Crippen LogP contribution >= 0.6 is 11.3 Å². The number of aromatic amines is 1. The molecule has 2 rings (SSSR count). The van der Waals surface area contributed by atoms with Crippen molar-refractivity contribution in [2.45, 2.75) is 13.0 Å². The Balaban J connectivity index is 2.39. The van der Waals surface area contributed by atoms with Gasteiger partial charge in [0.05, 0.1) is 6.04 Å².